The predicted molar refractivity (Wildman–Crippen MR) is 123 cm³/mol. The number of piperazine rings is 1. The summed E-state index contributed by atoms with van der Waals surface area (Å²) in [5, 5.41) is 28.1. The highest BCUT2D eigenvalue weighted by Gasteiger charge is 2.20. The summed E-state index contributed by atoms with van der Waals surface area (Å²) in [5.74, 6) is -1.10. The van der Waals surface area contributed by atoms with Crippen molar-refractivity contribution in [1.29, 1.82) is 0 Å². The molecule has 6 nitrogen and oxygen atoms in total. The first-order valence-corrected chi connectivity index (χ1v) is 10.8. The first-order chi connectivity index (χ1) is 14.9. The van der Waals surface area contributed by atoms with Crippen LogP contribution in [0.25, 0.3) is 12.2 Å². The van der Waals surface area contributed by atoms with Crippen molar-refractivity contribution in [1.82, 2.24) is 5.01 Å². The maximum absolute atomic E-state index is 14.2. The highest BCUT2D eigenvalue weighted by Crippen LogP contribution is 2.24. The second-order valence-electron chi connectivity index (χ2n) is 8.50. The molecule has 0 bridgehead atoms. The van der Waals surface area contributed by atoms with Crippen molar-refractivity contribution in [3.63, 3.8) is 0 Å². The maximum atomic E-state index is 14.2. The minimum absolute atomic E-state index is 0.273. The Morgan fingerprint density at radius 2 is 1.65 bits per heavy atom. The van der Waals surface area contributed by atoms with Gasteiger partial charge in [-0.3, -0.25) is 5.01 Å². The molecule has 0 unspecified atom stereocenters. The monoisotopic (exact) mass is 424 g/mol. The summed E-state index contributed by atoms with van der Waals surface area (Å²) in [5.41, 5.74) is 3.22. The molecule has 7 heteroatoms. The molecule has 0 radical (unpaired) electrons. The average Bonchev–Trinajstić information content (AvgIpc) is 3.29. The lowest BCUT2D eigenvalue weighted by atomic mass is 10.1. The molecule has 2 aliphatic heterocycles. The highest BCUT2D eigenvalue weighted by molar-refractivity contribution is 5.85. The first-order valence-electron chi connectivity index (χ1n) is 10.8. The van der Waals surface area contributed by atoms with Crippen LogP contribution in [-0.4, -0.2) is 67.3 Å². The number of hydrogen-bond acceptors (Lipinski definition) is 5. The Kier molecular flexibility index (Phi) is 6.25. The van der Waals surface area contributed by atoms with Gasteiger partial charge >= 0.3 is 0 Å². The standard InChI is InChI=1S/C24H29FN4O2/c1-29(31)14-12-28(13-15-29)26-18-21-16-20(17-23(25)24(21)30)5-4-19-6-8-22(9-7-19)27-10-2-3-11-27/h4-9,16-18,30H,2-3,10-15H2,1H3/b5-4+,26-18+. The first kappa shape index (κ1) is 21.3. The quantitative estimate of drug-likeness (QED) is 0.342. The molecule has 2 fully saturated rings. The SMILES string of the molecule is C[N+]1([O-])CCN(/N=C/c2cc(/C=C/c3ccc(N4CCCC4)cc3)cc(F)c2O)CC1. The number of benzene rings is 2. The second kappa shape index (κ2) is 9.08. The summed E-state index contributed by atoms with van der Waals surface area (Å²) in [7, 11) is 1.65. The van der Waals surface area contributed by atoms with Gasteiger partial charge in [0.25, 0.3) is 0 Å². The Balaban J connectivity index is 1.45. The van der Waals surface area contributed by atoms with Crippen molar-refractivity contribution < 1.29 is 14.1 Å². The van der Waals surface area contributed by atoms with Crippen molar-refractivity contribution in [3.8, 4) is 5.75 Å². The zero-order valence-electron chi connectivity index (χ0n) is 17.9. The van der Waals surface area contributed by atoms with E-state index in [1.165, 1.54) is 30.8 Å². The third-order valence-corrected chi connectivity index (χ3v) is 5.97. The van der Waals surface area contributed by atoms with Crippen molar-refractivity contribution in [2.75, 3.05) is 51.2 Å². The van der Waals surface area contributed by atoms with Gasteiger partial charge in [-0.2, -0.15) is 5.10 Å². The zero-order valence-corrected chi connectivity index (χ0v) is 17.9. The van der Waals surface area contributed by atoms with Gasteiger partial charge in [0.1, 0.15) is 0 Å². The molecule has 0 spiro atoms. The molecular weight excluding hydrogens is 395 g/mol. The van der Waals surface area contributed by atoms with Crippen molar-refractivity contribution >= 4 is 24.1 Å². The van der Waals surface area contributed by atoms with E-state index in [9.17, 15) is 14.7 Å². The summed E-state index contributed by atoms with van der Waals surface area (Å²) in [6.45, 7) is 4.20. The van der Waals surface area contributed by atoms with Crippen molar-refractivity contribution in [3.05, 3.63) is 64.1 Å². The van der Waals surface area contributed by atoms with Crippen LogP contribution in [0.2, 0.25) is 0 Å². The molecular formula is C24H29FN4O2. The zero-order chi connectivity index (χ0) is 21.8. The maximum Gasteiger partial charge on any atom is 0.166 e. The lowest BCUT2D eigenvalue weighted by Gasteiger charge is -2.44. The largest absolute Gasteiger partial charge is 0.633 e. The molecule has 0 saturated carbocycles. The fraction of sp³-hybridized carbons (Fsp3) is 0.375. The van der Waals surface area contributed by atoms with E-state index in [-0.39, 0.29) is 4.65 Å². The summed E-state index contributed by atoms with van der Waals surface area (Å²) in [6, 6.07) is 11.4. The Bertz CT molecular complexity index is 956. The third kappa shape index (κ3) is 5.42. The second-order valence-corrected chi connectivity index (χ2v) is 8.50. The van der Waals surface area contributed by atoms with E-state index in [0.717, 1.165) is 18.7 Å². The molecule has 31 heavy (non-hydrogen) atoms. The van der Waals surface area contributed by atoms with Gasteiger partial charge < -0.3 is 19.9 Å². The topological polar surface area (TPSA) is 62.1 Å². The van der Waals surface area contributed by atoms with E-state index < -0.39 is 11.6 Å². The Labute approximate surface area is 182 Å². The van der Waals surface area contributed by atoms with E-state index in [0.29, 0.717) is 37.3 Å². The number of anilines is 1. The molecule has 0 atom stereocenters. The minimum Gasteiger partial charge on any atom is -0.633 e. The van der Waals surface area contributed by atoms with E-state index in [1.807, 2.05) is 12.2 Å². The van der Waals surface area contributed by atoms with Gasteiger partial charge in [0, 0.05) is 24.3 Å². The number of nitrogens with zero attached hydrogens (tertiary/aromatic N) is 4. The average molecular weight is 425 g/mol. The smallest absolute Gasteiger partial charge is 0.166 e. The number of phenols is 1. The van der Waals surface area contributed by atoms with E-state index >= 15 is 0 Å². The van der Waals surface area contributed by atoms with Crippen molar-refractivity contribution in [2.45, 2.75) is 12.8 Å². The van der Waals surface area contributed by atoms with Gasteiger partial charge in [0.15, 0.2) is 11.6 Å². The van der Waals surface area contributed by atoms with E-state index in [2.05, 4.69) is 34.3 Å². The number of hydrogen-bond donors (Lipinski definition) is 1. The van der Waals surface area contributed by atoms with Crippen LogP contribution < -0.4 is 4.90 Å². The van der Waals surface area contributed by atoms with Crippen molar-refractivity contribution in [2.24, 2.45) is 5.10 Å². The van der Waals surface area contributed by atoms with E-state index in [4.69, 9.17) is 0 Å². The van der Waals surface area contributed by atoms with Gasteiger partial charge in [0.05, 0.1) is 39.4 Å². The van der Waals surface area contributed by atoms with Crippen LogP contribution in [-0.2, 0) is 0 Å². The van der Waals surface area contributed by atoms with Crippen LogP contribution in [0.5, 0.6) is 5.75 Å². The summed E-state index contributed by atoms with van der Waals surface area (Å²) in [4.78, 5) is 2.38. The van der Waals surface area contributed by atoms with Gasteiger partial charge in [0.2, 0.25) is 0 Å². The third-order valence-electron chi connectivity index (χ3n) is 5.97. The van der Waals surface area contributed by atoms with Crippen LogP contribution in [0.15, 0.2) is 41.5 Å². The molecule has 2 aromatic carbocycles. The Hall–Kier alpha value is -2.90. The number of hydroxylamine groups is 3. The van der Waals surface area contributed by atoms with Crippen LogP contribution >= 0.6 is 0 Å². The lowest BCUT2D eigenvalue weighted by molar-refractivity contribution is -0.865. The molecule has 164 valence electrons. The molecule has 0 aliphatic carbocycles. The van der Waals surface area contributed by atoms with Gasteiger partial charge in [-0.15, -0.1) is 0 Å². The highest BCUT2D eigenvalue weighted by atomic mass is 19.1. The fourth-order valence-corrected chi connectivity index (χ4v) is 3.94. The van der Waals surface area contributed by atoms with Gasteiger partial charge in [-0.1, -0.05) is 24.3 Å². The fourth-order valence-electron chi connectivity index (χ4n) is 3.94. The lowest BCUT2D eigenvalue weighted by Crippen LogP contribution is -2.52. The van der Waals surface area contributed by atoms with Crippen LogP contribution in [0.4, 0.5) is 10.1 Å². The predicted octanol–water partition coefficient (Wildman–Crippen LogP) is 3.90. The molecule has 4 rings (SSSR count). The van der Waals surface area contributed by atoms with Gasteiger partial charge in [-0.05, 0) is 48.2 Å². The van der Waals surface area contributed by atoms with Crippen LogP contribution in [0.1, 0.15) is 29.5 Å². The van der Waals surface area contributed by atoms with Gasteiger partial charge in [-0.25, -0.2) is 4.39 Å². The number of hydrazone groups is 1. The van der Waals surface area contributed by atoms with E-state index in [1.54, 1.807) is 18.1 Å². The molecule has 0 aromatic heterocycles. The van der Waals surface area contributed by atoms with Crippen LogP contribution in [0, 0.1) is 11.0 Å². The molecule has 2 saturated heterocycles. The molecule has 0 amide bonds. The molecule has 2 aromatic rings. The molecule has 2 aliphatic rings. The Morgan fingerprint density at radius 3 is 2.32 bits per heavy atom. The number of likely N-dealkylation sites (N-methyl/N-ethyl adjacent to an activating group) is 1. The number of phenolic OH excluding ortho intramolecular Hbond substituents is 1. The number of quaternary nitrogens is 1. The Morgan fingerprint density at radius 1 is 1.00 bits per heavy atom. The minimum atomic E-state index is -0.685. The normalized spacial score (nSPS) is 19.1. The summed E-state index contributed by atoms with van der Waals surface area (Å²) in [6.07, 6.45) is 7.70. The number of aromatic hydroxyl groups is 1. The summed E-state index contributed by atoms with van der Waals surface area (Å²) < 4.78 is 14.0. The molecule has 2 heterocycles. The number of rotatable bonds is 5. The number of halogens is 1. The van der Waals surface area contributed by atoms with Crippen LogP contribution in [0.3, 0.4) is 0 Å². The molecule has 1 N–H and O–H groups in total. The summed E-state index contributed by atoms with van der Waals surface area (Å²) >= 11 is 0.